The molecule has 0 saturated carbocycles. The van der Waals surface area contributed by atoms with Crippen LogP contribution in [0.5, 0.6) is 11.5 Å². The molecule has 0 aliphatic carbocycles. The van der Waals surface area contributed by atoms with Crippen molar-refractivity contribution in [1.29, 1.82) is 0 Å². The zero-order chi connectivity index (χ0) is 20.0. The molecule has 6 nitrogen and oxygen atoms in total. The summed E-state index contributed by atoms with van der Waals surface area (Å²) >= 11 is 0. The molecular formula is C21H37IN4O2. The Kier molecular flexibility index (Phi) is 9.83. The number of rotatable bonds is 7. The van der Waals surface area contributed by atoms with Crippen molar-refractivity contribution < 1.29 is 9.47 Å². The molecular weight excluding hydrogens is 467 g/mol. The monoisotopic (exact) mass is 504 g/mol. The number of hydrogen-bond donors (Lipinski definition) is 2. The molecule has 2 atom stereocenters. The van der Waals surface area contributed by atoms with E-state index >= 15 is 0 Å². The number of guanidine groups is 1. The Bertz CT molecular complexity index is 641. The van der Waals surface area contributed by atoms with E-state index in [0.717, 1.165) is 37.0 Å². The molecule has 0 spiro atoms. The Labute approximate surface area is 187 Å². The van der Waals surface area contributed by atoms with E-state index in [0.29, 0.717) is 24.0 Å². The van der Waals surface area contributed by atoms with Gasteiger partial charge in [0.15, 0.2) is 17.5 Å². The van der Waals surface area contributed by atoms with Gasteiger partial charge in [-0.3, -0.25) is 4.90 Å². The first-order valence-electron chi connectivity index (χ1n) is 9.75. The molecule has 160 valence electrons. The fraction of sp³-hybridized carbons (Fsp3) is 0.667. The molecule has 28 heavy (non-hydrogen) atoms. The van der Waals surface area contributed by atoms with Crippen LogP contribution >= 0.6 is 24.0 Å². The molecule has 1 aromatic carbocycles. The highest BCUT2D eigenvalue weighted by Crippen LogP contribution is 2.28. The maximum atomic E-state index is 6.10. The van der Waals surface area contributed by atoms with Crippen LogP contribution < -0.4 is 20.5 Å². The molecule has 1 aliphatic heterocycles. The molecule has 1 fully saturated rings. The number of piperidine rings is 1. The highest BCUT2D eigenvalue weighted by molar-refractivity contribution is 14.0. The van der Waals surface area contributed by atoms with Crippen LogP contribution in [0.3, 0.4) is 0 Å². The third-order valence-corrected chi connectivity index (χ3v) is 5.31. The second-order valence-corrected chi connectivity index (χ2v) is 8.41. The summed E-state index contributed by atoms with van der Waals surface area (Å²) in [4.78, 5) is 7.04. The van der Waals surface area contributed by atoms with E-state index in [-0.39, 0.29) is 29.5 Å². The van der Waals surface area contributed by atoms with Gasteiger partial charge in [0.1, 0.15) is 0 Å². The minimum atomic E-state index is 0. The van der Waals surface area contributed by atoms with Gasteiger partial charge in [0.05, 0.1) is 20.8 Å². The number of halogens is 1. The van der Waals surface area contributed by atoms with E-state index < -0.39 is 0 Å². The van der Waals surface area contributed by atoms with E-state index in [1.165, 1.54) is 6.42 Å². The van der Waals surface area contributed by atoms with Crippen molar-refractivity contribution in [1.82, 2.24) is 10.2 Å². The van der Waals surface area contributed by atoms with Crippen molar-refractivity contribution in [3.8, 4) is 11.5 Å². The summed E-state index contributed by atoms with van der Waals surface area (Å²) in [6.45, 7) is 12.8. The first kappa shape index (κ1) is 24.8. The van der Waals surface area contributed by atoms with Gasteiger partial charge in [-0.1, -0.05) is 19.9 Å². The van der Waals surface area contributed by atoms with E-state index in [4.69, 9.17) is 15.2 Å². The van der Waals surface area contributed by atoms with Crippen LogP contribution in [0, 0.1) is 11.8 Å². The number of aliphatic imine (C=N–C) groups is 1. The van der Waals surface area contributed by atoms with Gasteiger partial charge < -0.3 is 20.5 Å². The SMILES string of the molecule is COc1ccc(CN=C(N)NCC(C)(C)N2CC(C)CC(C)C2)cc1OC.I. The zero-order valence-electron chi connectivity index (χ0n) is 18.1. The number of likely N-dealkylation sites (tertiary alicyclic amines) is 1. The molecule has 0 aromatic heterocycles. The molecule has 0 amide bonds. The van der Waals surface area contributed by atoms with Crippen LogP contribution in [0.25, 0.3) is 0 Å². The molecule has 2 unspecified atom stereocenters. The van der Waals surface area contributed by atoms with Gasteiger partial charge in [-0.25, -0.2) is 4.99 Å². The Morgan fingerprint density at radius 2 is 1.79 bits per heavy atom. The Morgan fingerprint density at radius 3 is 2.36 bits per heavy atom. The molecule has 0 bridgehead atoms. The van der Waals surface area contributed by atoms with Gasteiger partial charge in [-0.05, 0) is 49.8 Å². The van der Waals surface area contributed by atoms with Gasteiger partial charge in [-0.2, -0.15) is 0 Å². The number of hydrogen-bond acceptors (Lipinski definition) is 4. The van der Waals surface area contributed by atoms with Crippen molar-refractivity contribution in [2.45, 2.75) is 46.2 Å². The van der Waals surface area contributed by atoms with Gasteiger partial charge in [0, 0.05) is 25.2 Å². The molecule has 1 saturated heterocycles. The van der Waals surface area contributed by atoms with Crippen molar-refractivity contribution in [2.75, 3.05) is 33.9 Å². The van der Waals surface area contributed by atoms with Crippen molar-refractivity contribution >= 4 is 29.9 Å². The smallest absolute Gasteiger partial charge is 0.188 e. The number of ether oxygens (including phenoxy) is 2. The predicted molar refractivity (Wildman–Crippen MR) is 127 cm³/mol. The molecule has 0 radical (unpaired) electrons. The Balaban J connectivity index is 0.00000392. The van der Waals surface area contributed by atoms with E-state index in [1.54, 1.807) is 14.2 Å². The summed E-state index contributed by atoms with van der Waals surface area (Å²) < 4.78 is 10.6. The van der Waals surface area contributed by atoms with Crippen LogP contribution in [-0.4, -0.2) is 50.3 Å². The van der Waals surface area contributed by atoms with Gasteiger partial charge >= 0.3 is 0 Å². The number of nitrogens with one attached hydrogen (secondary N) is 1. The lowest BCUT2D eigenvalue weighted by Gasteiger charge is -2.45. The fourth-order valence-electron chi connectivity index (χ4n) is 3.79. The predicted octanol–water partition coefficient (Wildman–Crippen LogP) is 3.48. The first-order chi connectivity index (χ1) is 12.7. The second-order valence-electron chi connectivity index (χ2n) is 8.41. The lowest BCUT2D eigenvalue weighted by Crippen LogP contribution is -2.56. The second kappa shape index (κ2) is 11.1. The maximum absolute atomic E-state index is 6.10. The normalized spacial score (nSPS) is 21.0. The van der Waals surface area contributed by atoms with E-state index in [9.17, 15) is 0 Å². The average Bonchev–Trinajstić information content (AvgIpc) is 2.63. The van der Waals surface area contributed by atoms with Crippen molar-refractivity contribution in [3.05, 3.63) is 23.8 Å². The summed E-state index contributed by atoms with van der Waals surface area (Å²) in [7, 11) is 3.26. The third kappa shape index (κ3) is 6.99. The average molecular weight is 504 g/mol. The fourth-order valence-corrected chi connectivity index (χ4v) is 3.79. The zero-order valence-corrected chi connectivity index (χ0v) is 20.4. The van der Waals surface area contributed by atoms with Gasteiger partial charge in [0.2, 0.25) is 0 Å². The third-order valence-electron chi connectivity index (χ3n) is 5.31. The van der Waals surface area contributed by atoms with Gasteiger partial charge in [0.25, 0.3) is 0 Å². The van der Waals surface area contributed by atoms with Crippen LogP contribution in [0.2, 0.25) is 0 Å². The largest absolute Gasteiger partial charge is 0.493 e. The maximum Gasteiger partial charge on any atom is 0.188 e. The summed E-state index contributed by atoms with van der Waals surface area (Å²) in [6.07, 6.45) is 1.31. The molecule has 7 heteroatoms. The highest BCUT2D eigenvalue weighted by atomic mass is 127. The summed E-state index contributed by atoms with van der Waals surface area (Å²) in [5.74, 6) is 3.36. The number of benzene rings is 1. The minimum Gasteiger partial charge on any atom is -0.493 e. The highest BCUT2D eigenvalue weighted by Gasteiger charge is 2.32. The Morgan fingerprint density at radius 1 is 1.18 bits per heavy atom. The first-order valence-corrected chi connectivity index (χ1v) is 9.75. The molecule has 1 aliphatic rings. The van der Waals surface area contributed by atoms with Crippen LogP contribution in [0.4, 0.5) is 0 Å². The molecule has 1 heterocycles. The van der Waals surface area contributed by atoms with E-state index in [1.807, 2.05) is 18.2 Å². The Hall–Kier alpha value is -1.22. The number of nitrogens with two attached hydrogens (primary N) is 1. The summed E-state index contributed by atoms with van der Waals surface area (Å²) in [5.41, 5.74) is 7.16. The topological polar surface area (TPSA) is 72.1 Å². The van der Waals surface area contributed by atoms with Crippen LogP contribution in [0.15, 0.2) is 23.2 Å². The summed E-state index contributed by atoms with van der Waals surface area (Å²) in [6, 6.07) is 5.78. The number of methoxy groups -OCH3 is 2. The lowest BCUT2D eigenvalue weighted by atomic mass is 9.88. The lowest BCUT2D eigenvalue weighted by molar-refractivity contribution is 0.0484. The standard InChI is InChI=1S/C21H36N4O2.HI/c1-15-9-16(2)13-25(12-15)21(3,4)14-24-20(22)23-11-17-7-8-18(26-5)19(10-17)27-6;/h7-8,10,15-16H,9,11-14H2,1-6H3,(H3,22,23,24);1H. The minimum absolute atomic E-state index is 0. The quantitative estimate of drug-likeness (QED) is 0.338. The van der Waals surface area contributed by atoms with Crippen LogP contribution in [-0.2, 0) is 6.54 Å². The van der Waals surface area contributed by atoms with Crippen molar-refractivity contribution in [2.24, 2.45) is 22.6 Å². The molecule has 1 aromatic rings. The molecule has 2 rings (SSSR count). The molecule has 3 N–H and O–H groups in total. The van der Waals surface area contributed by atoms with Gasteiger partial charge in [-0.15, -0.1) is 24.0 Å². The van der Waals surface area contributed by atoms with Crippen molar-refractivity contribution in [3.63, 3.8) is 0 Å². The van der Waals surface area contributed by atoms with Crippen LogP contribution in [0.1, 0.15) is 39.7 Å². The summed E-state index contributed by atoms with van der Waals surface area (Å²) in [5, 5.41) is 3.30. The number of nitrogens with zero attached hydrogens (tertiary/aromatic N) is 2. The van der Waals surface area contributed by atoms with E-state index in [2.05, 4.69) is 42.9 Å².